The summed E-state index contributed by atoms with van der Waals surface area (Å²) in [6.07, 6.45) is 0. The molecule has 0 fully saturated rings. The minimum absolute atomic E-state index is 0.0419. The zero-order valence-corrected chi connectivity index (χ0v) is 10.9. The molecule has 0 bridgehead atoms. The van der Waals surface area contributed by atoms with Crippen LogP contribution in [-0.4, -0.2) is 21.6 Å². The molecule has 0 aliphatic carbocycles. The SMILES string of the molecule is CC#Cc1nc(Cl)c(F)c2nc(OCC)[nH]c(=O)c12. The lowest BCUT2D eigenvalue weighted by molar-refractivity contribution is 0.312. The Morgan fingerprint density at radius 1 is 1.47 bits per heavy atom. The van der Waals surface area contributed by atoms with E-state index in [1.165, 1.54) is 0 Å². The lowest BCUT2D eigenvalue weighted by Gasteiger charge is -2.05. The molecule has 0 unspecified atom stereocenters. The van der Waals surface area contributed by atoms with Crippen molar-refractivity contribution < 1.29 is 9.13 Å². The maximum atomic E-state index is 13.9. The smallest absolute Gasteiger partial charge is 0.297 e. The third-order valence-corrected chi connectivity index (χ3v) is 2.51. The third kappa shape index (κ3) is 2.37. The van der Waals surface area contributed by atoms with E-state index in [1.807, 2.05) is 0 Å². The topological polar surface area (TPSA) is 67.9 Å². The molecule has 5 nitrogen and oxygen atoms in total. The molecule has 2 aromatic heterocycles. The number of nitrogens with one attached hydrogen (secondary N) is 1. The summed E-state index contributed by atoms with van der Waals surface area (Å²) in [5, 5.41) is -0.425. The van der Waals surface area contributed by atoms with E-state index in [4.69, 9.17) is 16.3 Å². The van der Waals surface area contributed by atoms with Gasteiger partial charge < -0.3 is 4.74 Å². The van der Waals surface area contributed by atoms with Crippen LogP contribution in [-0.2, 0) is 0 Å². The van der Waals surface area contributed by atoms with Gasteiger partial charge in [-0.1, -0.05) is 17.5 Å². The van der Waals surface area contributed by atoms with E-state index < -0.39 is 11.4 Å². The van der Waals surface area contributed by atoms with Gasteiger partial charge >= 0.3 is 0 Å². The van der Waals surface area contributed by atoms with Crippen molar-refractivity contribution in [1.82, 2.24) is 15.0 Å². The molecule has 1 N–H and O–H groups in total. The molecule has 2 aromatic rings. The minimum Gasteiger partial charge on any atom is -0.465 e. The van der Waals surface area contributed by atoms with Gasteiger partial charge in [0.15, 0.2) is 11.0 Å². The quantitative estimate of drug-likeness (QED) is 0.674. The maximum Gasteiger partial charge on any atom is 0.297 e. The van der Waals surface area contributed by atoms with Crippen LogP contribution in [0.5, 0.6) is 6.01 Å². The maximum absolute atomic E-state index is 13.9. The molecule has 19 heavy (non-hydrogen) atoms. The summed E-state index contributed by atoms with van der Waals surface area (Å²) < 4.78 is 19.0. The van der Waals surface area contributed by atoms with E-state index in [0.29, 0.717) is 0 Å². The number of aromatic nitrogens is 3. The molecule has 0 aromatic carbocycles. The zero-order valence-electron chi connectivity index (χ0n) is 10.2. The number of hydrogen-bond acceptors (Lipinski definition) is 4. The van der Waals surface area contributed by atoms with E-state index >= 15 is 0 Å². The highest BCUT2D eigenvalue weighted by molar-refractivity contribution is 6.30. The molecular formula is C12H9ClFN3O2. The summed E-state index contributed by atoms with van der Waals surface area (Å²) in [5.74, 6) is 4.31. The largest absolute Gasteiger partial charge is 0.465 e. The second kappa shape index (κ2) is 5.24. The van der Waals surface area contributed by atoms with Crippen molar-refractivity contribution in [3.63, 3.8) is 0 Å². The van der Waals surface area contributed by atoms with Gasteiger partial charge in [-0.3, -0.25) is 9.78 Å². The molecule has 0 spiro atoms. The molecular weight excluding hydrogens is 273 g/mol. The molecule has 0 atom stereocenters. The molecule has 2 heterocycles. The van der Waals surface area contributed by atoms with Gasteiger partial charge in [-0.05, 0) is 19.8 Å². The van der Waals surface area contributed by atoms with Crippen LogP contribution in [0.2, 0.25) is 5.15 Å². The Bertz CT molecular complexity index is 761. The predicted octanol–water partition coefficient (Wildman–Crippen LogP) is 1.88. The van der Waals surface area contributed by atoms with Crippen molar-refractivity contribution in [2.45, 2.75) is 13.8 Å². The summed E-state index contributed by atoms with van der Waals surface area (Å²) in [6.45, 7) is 3.57. The standard InChI is InChI=1S/C12H9ClFN3O2/c1-3-5-6-7-9(8(14)10(13)15-6)16-12(19-4-2)17-11(7)18/h4H2,1-2H3,(H,16,17,18). The van der Waals surface area contributed by atoms with E-state index in [1.54, 1.807) is 13.8 Å². The van der Waals surface area contributed by atoms with Gasteiger partial charge in [0, 0.05) is 0 Å². The molecule has 0 aliphatic heterocycles. The highest BCUT2D eigenvalue weighted by Crippen LogP contribution is 2.22. The molecule has 2 rings (SSSR count). The van der Waals surface area contributed by atoms with E-state index in [2.05, 4.69) is 26.8 Å². The van der Waals surface area contributed by atoms with Crippen LogP contribution in [0.25, 0.3) is 10.9 Å². The Kier molecular flexibility index (Phi) is 3.67. The lowest BCUT2D eigenvalue weighted by atomic mass is 10.2. The van der Waals surface area contributed by atoms with E-state index in [0.717, 1.165) is 0 Å². The van der Waals surface area contributed by atoms with Gasteiger partial charge in [-0.15, -0.1) is 0 Å². The van der Waals surface area contributed by atoms with E-state index in [9.17, 15) is 9.18 Å². The third-order valence-electron chi connectivity index (χ3n) is 2.26. The number of pyridine rings is 1. The van der Waals surface area contributed by atoms with Crippen LogP contribution >= 0.6 is 11.6 Å². The van der Waals surface area contributed by atoms with Gasteiger partial charge in [0.05, 0.1) is 6.61 Å². The van der Waals surface area contributed by atoms with Crippen LogP contribution in [0.1, 0.15) is 19.5 Å². The number of nitrogens with zero attached hydrogens (tertiary/aromatic N) is 2. The number of hydrogen-bond donors (Lipinski definition) is 1. The summed E-state index contributed by atoms with van der Waals surface area (Å²) in [5.41, 5.74) is -0.695. The lowest BCUT2D eigenvalue weighted by Crippen LogP contribution is -2.14. The zero-order chi connectivity index (χ0) is 14.0. The van der Waals surface area contributed by atoms with Gasteiger partial charge in [-0.25, -0.2) is 9.37 Å². The van der Waals surface area contributed by atoms with Crippen molar-refractivity contribution in [2.75, 3.05) is 6.61 Å². The van der Waals surface area contributed by atoms with Crippen molar-refractivity contribution in [1.29, 1.82) is 0 Å². The predicted molar refractivity (Wildman–Crippen MR) is 68.8 cm³/mol. The van der Waals surface area contributed by atoms with Crippen molar-refractivity contribution in [3.8, 4) is 17.9 Å². The first kappa shape index (κ1) is 13.3. The van der Waals surface area contributed by atoms with Crippen molar-refractivity contribution in [3.05, 3.63) is 27.0 Å². The van der Waals surface area contributed by atoms with Gasteiger partial charge in [0.1, 0.15) is 16.6 Å². The number of aromatic amines is 1. The Hall–Kier alpha value is -2.13. The number of H-pyrrole nitrogens is 1. The first-order chi connectivity index (χ1) is 9.08. The summed E-state index contributed by atoms with van der Waals surface area (Å²) in [7, 11) is 0. The van der Waals surface area contributed by atoms with Crippen LogP contribution in [0.15, 0.2) is 4.79 Å². The second-order valence-electron chi connectivity index (χ2n) is 3.47. The van der Waals surface area contributed by atoms with Crippen LogP contribution < -0.4 is 10.3 Å². The molecule has 0 radical (unpaired) electrons. The molecule has 0 saturated carbocycles. The fourth-order valence-electron chi connectivity index (χ4n) is 1.55. The average molecular weight is 282 g/mol. The number of rotatable bonds is 2. The van der Waals surface area contributed by atoms with Crippen LogP contribution in [0, 0.1) is 17.7 Å². The first-order valence-electron chi connectivity index (χ1n) is 5.43. The summed E-state index contributed by atoms with van der Waals surface area (Å²) in [4.78, 5) is 22.0. The highest BCUT2D eigenvalue weighted by Gasteiger charge is 2.17. The monoisotopic (exact) mass is 281 g/mol. The van der Waals surface area contributed by atoms with Crippen LogP contribution in [0.3, 0.4) is 0 Å². The fourth-order valence-corrected chi connectivity index (χ4v) is 1.72. The van der Waals surface area contributed by atoms with Gasteiger partial charge in [0.2, 0.25) is 0 Å². The van der Waals surface area contributed by atoms with Gasteiger partial charge in [-0.2, -0.15) is 4.98 Å². The number of fused-ring (bicyclic) bond motifs is 1. The highest BCUT2D eigenvalue weighted by atomic mass is 35.5. The van der Waals surface area contributed by atoms with Crippen molar-refractivity contribution >= 4 is 22.5 Å². The van der Waals surface area contributed by atoms with Crippen LogP contribution in [0.4, 0.5) is 4.39 Å². The van der Waals surface area contributed by atoms with Crippen molar-refractivity contribution in [2.24, 2.45) is 0 Å². The number of ether oxygens (including phenoxy) is 1. The Morgan fingerprint density at radius 3 is 2.84 bits per heavy atom. The Labute approximate surface area is 112 Å². The fraction of sp³-hybridized carbons (Fsp3) is 0.250. The summed E-state index contributed by atoms with van der Waals surface area (Å²) in [6, 6.07) is -0.0726. The molecule has 0 amide bonds. The molecule has 7 heteroatoms. The van der Waals surface area contributed by atoms with Gasteiger partial charge in [0.25, 0.3) is 11.6 Å². The average Bonchev–Trinajstić information content (AvgIpc) is 2.36. The molecule has 0 aliphatic rings. The molecule has 98 valence electrons. The normalized spacial score (nSPS) is 10.1. The second-order valence-corrected chi connectivity index (χ2v) is 3.83. The first-order valence-corrected chi connectivity index (χ1v) is 5.80. The summed E-state index contributed by atoms with van der Waals surface area (Å²) >= 11 is 5.66. The Balaban J connectivity index is 2.91. The van der Waals surface area contributed by atoms with E-state index in [-0.39, 0.29) is 34.4 Å². The number of halogens is 2. The minimum atomic E-state index is -0.870. The molecule has 0 saturated heterocycles. The Morgan fingerprint density at radius 2 is 2.21 bits per heavy atom.